The molecule has 9 heteroatoms. The van der Waals surface area contributed by atoms with Crippen LogP contribution < -0.4 is 5.32 Å². The molecule has 2 aromatic carbocycles. The molecule has 1 amide bonds. The number of carbonyl (C=O) groups excluding carboxylic acids is 2. The van der Waals surface area contributed by atoms with E-state index in [0.29, 0.717) is 0 Å². The molecule has 0 radical (unpaired) electrons. The number of nitro benzene ring substituents is 1. The molecule has 0 aliphatic rings. The minimum absolute atomic E-state index is 0.0396. The highest BCUT2D eigenvalue weighted by molar-refractivity contribution is 6.41. The van der Waals surface area contributed by atoms with E-state index < -0.39 is 33.7 Å². The molecular weight excluding hydrogens is 374 g/mol. The van der Waals surface area contributed by atoms with Crippen molar-refractivity contribution >= 4 is 46.3 Å². The highest BCUT2D eigenvalue weighted by Crippen LogP contribution is 2.34. The van der Waals surface area contributed by atoms with Gasteiger partial charge in [0.25, 0.3) is 5.69 Å². The number of rotatable bonds is 5. The highest BCUT2D eigenvalue weighted by atomic mass is 35.5. The normalized spacial score (nSPS) is 10.4. The lowest BCUT2D eigenvalue weighted by Crippen LogP contribution is -2.09. The van der Waals surface area contributed by atoms with Gasteiger partial charge in [0.05, 0.1) is 15.5 Å². The van der Waals surface area contributed by atoms with E-state index in [1.54, 1.807) is 0 Å². The molecule has 6 nitrogen and oxygen atoms in total. The predicted molar refractivity (Wildman–Crippen MR) is 91.9 cm³/mol. The molecule has 0 unspecified atom stereocenters. The molecule has 2 aromatic rings. The van der Waals surface area contributed by atoms with Crippen molar-refractivity contribution < 1.29 is 18.9 Å². The number of amides is 1. The van der Waals surface area contributed by atoms with Crippen LogP contribution in [-0.4, -0.2) is 16.6 Å². The van der Waals surface area contributed by atoms with E-state index in [2.05, 4.69) is 5.32 Å². The molecule has 0 aromatic heterocycles. The summed E-state index contributed by atoms with van der Waals surface area (Å²) in [4.78, 5) is 33.6. The van der Waals surface area contributed by atoms with E-state index in [1.807, 2.05) is 0 Å². The fourth-order valence-corrected chi connectivity index (χ4v) is 2.82. The van der Waals surface area contributed by atoms with E-state index in [0.717, 1.165) is 12.1 Å². The predicted octanol–water partition coefficient (Wildman–Crippen LogP) is 4.42. The van der Waals surface area contributed by atoms with Crippen LogP contribution in [0.25, 0.3) is 0 Å². The van der Waals surface area contributed by atoms with Gasteiger partial charge in [0.15, 0.2) is 5.78 Å². The summed E-state index contributed by atoms with van der Waals surface area (Å²) in [7, 11) is 0. The van der Waals surface area contributed by atoms with Crippen LogP contribution >= 0.6 is 23.2 Å². The van der Waals surface area contributed by atoms with E-state index in [4.69, 9.17) is 23.2 Å². The van der Waals surface area contributed by atoms with Gasteiger partial charge >= 0.3 is 0 Å². The van der Waals surface area contributed by atoms with Crippen molar-refractivity contribution in [2.24, 2.45) is 0 Å². The van der Waals surface area contributed by atoms with Gasteiger partial charge in [-0.05, 0) is 23.8 Å². The average molecular weight is 385 g/mol. The zero-order valence-corrected chi connectivity index (χ0v) is 14.3. The second kappa shape index (κ2) is 7.58. The third-order valence-corrected chi connectivity index (χ3v) is 3.97. The maximum absolute atomic E-state index is 14.1. The number of hydrogen-bond acceptors (Lipinski definition) is 4. The third-order valence-electron chi connectivity index (χ3n) is 3.27. The molecule has 25 heavy (non-hydrogen) atoms. The highest BCUT2D eigenvalue weighted by Gasteiger charge is 2.24. The van der Waals surface area contributed by atoms with Gasteiger partial charge in [-0.1, -0.05) is 29.3 Å². The Hall–Kier alpha value is -2.51. The molecule has 2 rings (SSSR count). The Bertz CT molecular complexity index is 887. The summed E-state index contributed by atoms with van der Waals surface area (Å²) < 4.78 is 14.1. The van der Waals surface area contributed by atoms with Crippen LogP contribution in [0.15, 0.2) is 30.3 Å². The summed E-state index contributed by atoms with van der Waals surface area (Å²) in [6.07, 6.45) is -0.396. The molecule has 0 saturated heterocycles. The van der Waals surface area contributed by atoms with Crippen LogP contribution in [-0.2, 0) is 11.2 Å². The molecule has 0 saturated carbocycles. The second-order valence-corrected chi connectivity index (χ2v) is 5.89. The van der Waals surface area contributed by atoms with Gasteiger partial charge in [-0.3, -0.25) is 19.7 Å². The largest absolute Gasteiger partial charge is 0.326 e. The molecule has 0 spiro atoms. The average Bonchev–Trinajstić information content (AvgIpc) is 2.49. The molecule has 0 heterocycles. The zero-order chi connectivity index (χ0) is 18.7. The van der Waals surface area contributed by atoms with E-state index in [-0.39, 0.29) is 27.7 Å². The summed E-state index contributed by atoms with van der Waals surface area (Å²) in [6, 6.07) is 6.11. The molecule has 0 aliphatic heterocycles. The van der Waals surface area contributed by atoms with Crippen LogP contribution in [0, 0.1) is 15.9 Å². The number of benzene rings is 2. The van der Waals surface area contributed by atoms with Crippen molar-refractivity contribution in [2.75, 3.05) is 5.32 Å². The number of nitrogens with zero attached hydrogens (tertiary/aromatic N) is 1. The number of carbonyl (C=O) groups is 2. The lowest BCUT2D eigenvalue weighted by Gasteiger charge is -2.09. The summed E-state index contributed by atoms with van der Waals surface area (Å²) in [5, 5.41) is 12.9. The summed E-state index contributed by atoms with van der Waals surface area (Å²) in [5.74, 6) is -1.74. The number of ketones is 1. The summed E-state index contributed by atoms with van der Waals surface area (Å²) in [5.41, 5.74) is -0.413. The second-order valence-electron chi connectivity index (χ2n) is 5.10. The number of hydrogen-bond donors (Lipinski definition) is 1. The first-order valence-electron chi connectivity index (χ1n) is 6.92. The molecule has 130 valence electrons. The van der Waals surface area contributed by atoms with Crippen LogP contribution in [0.5, 0.6) is 0 Å². The van der Waals surface area contributed by atoms with Crippen molar-refractivity contribution in [1.82, 2.24) is 0 Å². The Morgan fingerprint density at radius 3 is 2.48 bits per heavy atom. The molecular formula is C16H11Cl2FN2O4. The smallest absolute Gasteiger partial charge is 0.288 e. The van der Waals surface area contributed by atoms with Gasteiger partial charge in [-0.25, -0.2) is 4.39 Å². The van der Waals surface area contributed by atoms with Gasteiger partial charge < -0.3 is 5.32 Å². The third kappa shape index (κ3) is 4.32. The Kier molecular flexibility index (Phi) is 5.71. The molecule has 1 N–H and O–H groups in total. The molecule has 0 fully saturated rings. The summed E-state index contributed by atoms with van der Waals surface area (Å²) in [6.45, 7) is 1.28. The standard InChI is InChI=1S/C16H11Cl2FN2O4/c1-8(22)20-10-3-2-9(12(19)7-10)6-14(23)15-11(17)4-5-13(16(15)18)21(24)25/h2-5,7H,6H2,1H3,(H,20,22). The van der Waals surface area contributed by atoms with Gasteiger partial charge in [-0.2, -0.15) is 0 Å². The minimum atomic E-state index is -0.738. The maximum Gasteiger partial charge on any atom is 0.288 e. The lowest BCUT2D eigenvalue weighted by molar-refractivity contribution is -0.384. The Morgan fingerprint density at radius 1 is 1.24 bits per heavy atom. The number of anilines is 1. The first kappa shape index (κ1) is 18.8. The van der Waals surface area contributed by atoms with Gasteiger partial charge in [0, 0.05) is 25.1 Å². The van der Waals surface area contributed by atoms with Crippen LogP contribution in [0.1, 0.15) is 22.8 Å². The van der Waals surface area contributed by atoms with Crippen LogP contribution in [0.4, 0.5) is 15.8 Å². The molecule has 0 atom stereocenters. The molecule has 0 bridgehead atoms. The Morgan fingerprint density at radius 2 is 1.92 bits per heavy atom. The SMILES string of the molecule is CC(=O)Nc1ccc(CC(=O)c2c(Cl)ccc([N+](=O)[O-])c2Cl)c(F)c1. The fraction of sp³-hybridized carbons (Fsp3) is 0.125. The van der Waals surface area contributed by atoms with Crippen molar-refractivity contribution in [3.05, 3.63) is 67.4 Å². The minimum Gasteiger partial charge on any atom is -0.326 e. The van der Waals surface area contributed by atoms with Crippen molar-refractivity contribution in [1.29, 1.82) is 0 Å². The van der Waals surface area contributed by atoms with E-state index in [1.165, 1.54) is 25.1 Å². The quantitative estimate of drug-likeness (QED) is 0.469. The Balaban J connectivity index is 2.33. The Labute approximate surface area is 151 Å². The number of Topliss-reactive ketones (excluding diaryl/α,β-unsaturated/α-hetero) is 1. The monoisotopic (exact) mass is 384 g/mol. The fourth-order valence-electron chi connectivity index (χ4n) is 2.17. The van der Waals surface area contributed by atoms with Gasteiger partial charge in [0.1, 0.15) is 10.8 Å². The molecule has 0 aliphatic carbocycles. The van der Waals surface area contributed by atoms with Crippen molar-refractivity contribution in [3.63, 3.8) is 0 Å². The lowest BCUT2D eigenvalue weighted by atomic mass is 10.0. The first-order chi connectivity index (χ1) is 11.7. The number of nitrogens with one attached hydrogen (secondary N) is 1. The van der Waals surface area contributed by atoms with Crippen LogP contribution in [0.2, 0.25) is 10.0 Å². The van der Waals surface area contributed by atoms with E-state index >= 15 is 0 Å². The summed E-state index contributed by atoms with van der Waals surface area (Å²) >= 11 is 11.8. The van der Waals surface area contributed by atoms with E-state index in [9.17, 15) is 24.1 Å². The maximum atomic E-state index is 14.1. The van der Waals surface area contributed by atoms with Crippen molar-refractivity contribution in [2.45, 2.75) is 13.3 Å². The van der Waals surface area contributed by atoms with Gasteiger partial charge in [-0.15, -0.1) is 0 Å². The first-order valence-corrected chi connectivity index (χ1v) is 7.68. The number of halogens is 3. The topological polar surface area (TPSA) is 89.3 Å². The zero-order valence-electron chi connectivity index (χ0n) is 12.8. The van der Waals surface area contributed by atoms with Crippen LogP contribution in [0.3, 0.4) is 0 Å². The number of nitro groups is 1. The van der Waals surface area contributed by atoms with Crippen molar-refractivity contribution in [3.8, 4) is 0 Å². The van der Waals surface area contributed by atoms with Gasteiger partial charge in [0.2, 0.25) is 5.91 Å².